The second kappa shape index (κ2) is 4.04. The van der Waals surface area contributed by atoms with Crippen LogP contribution in [0.2, 0.25) is 0 Å². The Morgan fingerprint density at radius 1 is 1.53 bits per heavy atom. The Bertz CT molecular complexity index is 347. The van der Waals surface area contributed by atoms with Gasteiger partial charge < -0.3 is 10.1 Å². The van der Waals surface area contributed by atoms with E-state index in [-0.39, 0.29) is 12.3 Å². The van der Waals surface area contributed by atoms with Crippen molar-refractivity contribution in [2.45, 2.75) is 44.9 Å². The molecule has 2 rings (SSSR count). The fraction of sp³-hybridized carbons (Fsp3) is 0.636. The number of carboxylic acid groups (broad SMARTS) is 1. The molecule has 1 heterocycles. The molecule has 0 amide bonds. The lowest BCUT2D eigenvalue weighted by molar-refractivity contribution is -0.137. The molecule has 1 unspecified atom stereocenters. The molecule has 0 spiro atoms. The lowest BCUT2D eigenvalue weighted by atomic mass is 10.0. The smallest absolute Gasteiger partial charge is 0.304 e. The number of hydrogen-bond acceptors (Lipinski definition) is 2. The van der Waals surface area contributed by atoms with E-state index in [0.717, 1.165) is 24.4 Å². The highest BCUT2D eigenvalue weighted by atomic mass is 16.4. The number of imidazole rings is 1. The minimum atomic E-state index is -0.767. The van der Waals surface area contributed by atoms with Crippen molar-refractivity contribution in [1.29, 1.82) is 0 Å². The molecule has 82 valence electrons. The number of aromatic amines is 1. The molecular weight excluding hydrogens is 192 g/mol. The Labute approximate surface area is 88.7 Å². The molecule has 4 nitrogen and oxygen atoms in total. The van der Waals surface area contributed by atoms with Crippen LogP contribution in [0.5, 0.6) is 0 Å². The predicted octanol–water partition coefficient (Wildman–Crippen LogP) is 1.87. The van der Waals surface area contributed by atoms with Gasteiger partial charge in [-0.25, -0.2) is 4.98 Å². The number of carboxylic acids is 1. The van der Waals surface area contributed by atoms with Crippen LogP contribution in [0.15, 0.2) is 0 Å². The SMILES string of the molecule is CC(CC(=O)O)c1nc2c([nH]1)CCCC2. The van der Waals surface area contributed by atoms with Crippen LogP contribution >= 0.6 is 0 Å². The molecule has 0 radical (unpaired) electrons. The lowest BCUT2D eigenvalue weighted by Crippen LogP contribution is -2.04. The molecule has 1 atom stereocenters. The Morgan fingerprint density at radius 2 is 2.27 bits per heavy atom. The summed E-state index contributed by atoms with van der Waals surface area (Å²) in [6.45, 7) is 1.90. The Kier molecular flexibility index (Phi) is 2.75. The summed E-state index contributed by atoms with van der Waals surface area (Å²) in [6, 6.07) is 0. The van der Waals surface area contributed by atoms with Gasteiger partial charge in [-0.15, -0.1) is 0 Å². The molecule has 0 bridgehead atoms. The Hall–Kier alpha value is -1.32. The maximum absolute atomic E-state index is 10.6. The summed E-state index contributed by atoms with van der Waals surface area (Å²) in [7, 11) is 0. The van der Waals surface area contributed by atoms with E-state index in [4.69, 9.17) is 5.11 Å². The normalized spacial score (nSPS) is 17.1. The first-order valence-corrected chi connectivity index (χ1v) is 5.46. The number of aromatic nitrogens is 2. The van der Waals surface area contributed by atoms with Gasteiger partial charge in [0.05, 0.1) is 12.1 Å². The molecule has 15 heavy (non-hydrogen) atoms. The average Bonchev–Trinajstić information content (AvgIpc) is 2.59. The third-order valence-corrected chi connectivity index (χ3v) is 2.92. The number of hydrogen-bond donors (Lipinski definition) is 2. The fourth-order valence-corrected chi connectivity index (χ4v) is 2.07. The second-order valence-electron chi connectivity index (χ2n) is 4.25. The number of nitrogens with one attached hydrogen (secondary N) is 1. The maximum Gasteiger partial charge on any atom is 0.304 e. The van der Waals surface area contributed by atoms with Crippen molar-refractivity contribution in [2.75, 3.05) is 0 Å². The van der Waals surface area contributed by atoms with Gasteiger partial charge in [-0.1, -0.05) is 6.92 Å². The average molecular weight is 208 g/mol. The van der Waals surface area contributed by atoms with Crippen LogP contribution in [0, 0.1) is 0 Å². The zero-order chi connectivity index (χ0) is 10.8. The van der Waals surface area contributed by atoms with Gasteiger partial charge in [0, 0.05) is 11.6 Å². The fourth-order valence-electron chi connectivity index (χ4n) is 2.07. The van der Waals surface area contributed by atoms with Gasteiger partial charge in [0.2, 0.25) is 0 Å². The summed E-state index contributed by atoms with van der Waals surface area (Å²) >= 11 is 0. The number of nitrogens with zero attached hydrogens (tertiary/aromatic N) is 1. The van der Waals surface area contributed by atoms with E-state index < -0.39 is 5.97 Å². The molecule has 1 aromatic rings. The Balaban J connectivity index is 2.15. The van der Waals surface area contributed by atoms with Crippen molar-refractivity contribution in [3.05, 3.63) is 17.2 Å². The van der Waals surface area contributed by atoms with E-state index in [1.165, 1.54) is 18.5 Å². The predicted molar refractivity (Wildman–Crippen MR) is 55.9 cm³/mol. The first-order valence-electron chi connectivity index (χ1n) is 5.46. The molecule has 0 saturated carbocycles. The summed E-state index contributed by atoms with van der Waals surface area (Å²) in [4.78, 5) is 18.3. The van der Waals surface area contributed by atoms with E-state index in [1.807, 2.05) is 6.92 Å². The minimum absolute atomic E-state index is 0.0203. The summed E-state index contributed by atoms with van der Waals surface area (Å²) in [6.07, 6.45) is 4.65. The number of aliphatic carboxylic acids is 1. The molecule has 1 aromatic heterocycles. The van der Waals surface area contributed by atoms with Gasteiger partial charge in [-0.3, -0.25) is 4.79 Å². The van der Waals surface area contributed by atoms with Crippen LogP contribution in [-0.2, 0) is 17.6 Å². The number of rotatable bonds is 3. The summed E-state index contributed by atoms with van der Waals surface area (Å²) in [5, 5.41) is 8.71. The van der Waals surface area contributed by atoms with E-state index >= 15 is 0 Å². The van der Waals surface area contributed by atoms with Gasteiger partial charge in [0.15, 0.2) is 0 Å². The van der Waals surface area contributed by atoms with Crippen molar-refractivity contribution in [3.8, 4) is 0 Å². The molecule has 2 N–H and O–H groups in total. The molecule has 1 aliphatic rings. The highest BCUT2D eigenvalue weighted by Crippen LogP contribution is 2.23. The highest BCUT2D eigenvalue weighted by Gasteiger charge is 2.18. The van der Waals surface area contributed by atoms with Gasteiger partial charge in [-0.05, 0) is 25.7 Å². The molecule has 4 heteroatoms. The van der Waals surface area contributed by atoms with Crippen molar-refractivity contribution in [2.24, 2.45) is 0 Å². The number of carbonyl (C=O) groups is 1. The molecular formula is C11H16N2O2. The van der Waals surface area contributed by atoms with E-state index in [9.17, 15) is 4.79 Å². The van der Waals surface area contributed by atoms with Crippen LogP contribution in [0.1, 0.15) is 49.3 Å². The van der Waals surface area contributed by atoms with Crippen molar-refractivity contribution in [1.82, 2.24) is 9.97 Å². The second-order valence-corrected chi connectivity index (χ2v) is 4.25. The van der Waals surface area contributed by atoms with Crippen LogP contribution in [0.3, 0.4) is 0 Å². The molecule has 0 aromatic carbocycles. The van der Waals surface area contributed by atoms with Crippen LogP contribution < -0.4 is 0 Å². The third-order valence-electron chi connectivity index (χ3n) is 2.92. The lowest BCUT2D eigenvalue weighted by Gasteiger charge is -2.07. The number of H-pyrrole nitrogens is 1. The van der Waals surface area contributed by atoms with Gasteiger partial charge >= 0.3 is 5.97 Å². The summed E-state index contributed by atoms with van der Waals surface area (Å²) in [5.41, 5.74) is 2.36. The first-order chi connectivity index (χ1) is 7.16. The molecule has 0 aliphatic heterocycles. The molecule has 1 aliphatic carbocycles. The zero-order valence-electron chi connectivity index (χ0n) is 8.92. The summed E-state index contributed by atoms with van der Waals surface area (Å²) < 4.78 is 0. The van der Waals surface area contributed by atoms with Gasteiger partial charge in [0.25, 0.3) is 0 Å². The van der Waals surface area contributed by atoms with Crippen LogP contribution in [-0.4, -0.2) is 21.0 Å². The van der Waals surface area contributed by atoms with Crippen LogP contribution in [0.25, 0.3) is 0 Å². The summed E-state index contributed by atoms with van der Waals surface area (Å²) in [5.74, 6) is 0.0503. The van der Waals surface area contributed by atoms with E-state index in [2.05, 4.69) is 9.97 Å². The Morgan fingerprint density at radius 3 is 2.93 bits per heavy atom. The molecule has 0 saturated heterocycles. The van der Waals surface area contributed by atoms with E-state index in [0.29, 0.717) is 0 Å². The topological polar surface area (TPSA) is 66.0 Å². The van der Waals surface area contributed by atoms with Gasteiger partial charge in [-0.2, -0.15) is 0 Å². The maximum atomic E-state index is 10.6. The minimum Gasteiger partial charge on any atom is -0.481 e. The van der Waals surface area contributed by atoms with Crippen molar-refractivity contribution in [3.63, 3.8) is 0 Å². The van der Waals surface area contributed by atoms with Crippen molar-refractivity contribution < 1.29 is 9.90 Å². The zero-order valence-corrected chi connectivity index (χ0v) is 8.92. The quantitative estimate of drug-likeness (QED) is 0.796. The van der Waals surface area contributed by atoms with Crippen molar-refractivity contribution >= 4 is 5.97 Å². The molecule has 0 fully saturated rings. The van der Waals surface area contributed by atoms with Gasteiger partial charge in [0.1, 0.15) is 5.82 Å². The monoisotopic (exact) mass is 208 g/mol. The first kappa shape index (κ1) is 10.2. The largest absolute Gasteiger partial charge is 0.481 e. The van der Waals surface area contributed by atoms with Crippen LogP contribution in [0.4, 0.5) is 0 Å². The number of fused-ring (bicyclic) bond motifs is 1. The third kappa shape index (κ3) is 2.19. The van der Waals surface area contributed by atoms with E-state index in [1.54, 1.807) is 0 Å². The highest BCUT2D eigenvalue weighted by molar-refractivity contribution is 5.67. The standard InChI is InChI=1S/C11H16N2O2/c1-7(6-10(14)15)11-12-8-4-2-3-5-9(8)13-11/h7H,2-6H2,1H3,(H,12,13)(H,14,15). The number of aryl methyl sites for hydroxylation is 2.